The molecular formula is C17H19N2NaO3. The number of carbonyl (C=O) groups is 2. The predicted octanol–water partition coefficient (Wildman–Crippen LogP) is -1.02. The van der Waals surface area contributed by atoms with Crippen LogP contribution in [0.4, 0.5) is 5.69 Å². The summed E-state index contributed by atoms with van der Waals surface area (Å²) in [6.07, 6.45) is 1.95. The third-order valence-electron chi connectivity index (χ3n) is 3.41. The molecule has 0 saturated carbocycles. The van der Waals surface area contributed by atoms with E-state index in [1.54, 1.807) is 12.3 Å². The Balaban J connectivity index is 0.00000264. The van der Waals surface area contributed by atoms with Gasteiger partial charge in [-0.25, -0.2) is 0 Å². The molecule has 0 radical (unpaired) electrons. The number of carbonyl (C=O) groups excluding carboxylic acids is 2. The van der Waals surface area contributed by atoms with Gasteiger partial charge in [-0.15, -0.1) is 0 Å². The van der Waals surface area contributed by atoms with Crippen LogP contribution in [0.15, 0.2) is 36.5 Å². The van der Waals surface area contributed by atoms with Gasteiger partial charge in [-0.2, -0.15) is 0 Å². The van der Waals surface area contributed by atoms with Crippen molar-refractivity contribution < 1.29 is 44.3 Å². The van der Waals surface area contributed by atoms with Crippen molar-refractivity contribution in [3.63, 3.8) is 0 Å². The summed E-state index contributed by atoms with van der Waals surface area (Å²) in [6.45, 7) is 3.91. The number of nitrogens with zero attached hydrogens (tertiary/aromatic N) is 1. The molecule has 0 fully saturated rings. The van der Waals surface area contributed by atoms with E-state index in [9.17, 15) is 14.7 Å². The molecule has 2 aromatic rings. The molecule has 0 aliphatic rings. The smallest absolute Gasteiger partial charge is 0.550 e. The average molecular weight is 322 g/mol. The Morgan fingerprint density at radius 3 is 2.65 bits per heavy atom. The van der Waals surface area contributed by atoms with Crippen LogP contribution in [-0.4, -0.2) is 16.9 Å². The molecule has 0 spiro atoms. The molecule has 116 valence electrons. The van der Waals surface area contributed by atoms with Crippen molar-refractivity contribution in [2.45, 2.75) is 26.7 Å². The number of rotatable bonds is 6. The van der Waals surface area contributed by atoms with Gasteiger partial charge in [0.2, 0.25) is 5.91 Å². The summed E-state index contributed by atoms with van der Waals surface area (Å²) >= 11 is 0. The quantitative estimate of drug-likeness (QED) is 0.690. The number of carboxylic acids is 1. The zero-order valence-corrected chi connectivity index (χ0v) is 15.7. The van der Waals surface area contributed by atoms with Crippen LogP contribution in [0.25, 0.3) is 10.9 Å². The van der Waals surface area contributed by atoms with Crippen molar-refractivity contribution in [2.24, 2.45) is 11.8 Å². The molecule has 0 aliphatic heterocycles. The fourth-order valence-corrected chi connectivity index (χ4v) is 2.45. The Hall–Kier alpha value is -1.43. The van der Waals surface area contributed by atoms with Crippen LogP contribution in [0.3, 0.4) is 0 Å². The predicted molar refractivity (Wildman–Crippen MR) is 82.9 cm³/mol. The van der Waals surface area contributed by atoms with Crippen molar-refractivity contribution in [2.75, 3.05) is 5.32 Å². The third kappa shape index (κ3) is 5.94. The molecule has 23 heavy (non-hydrogen) atoms. The number of amides is 1. The van der Waals surface area contributed by atoms with E-state index in [1.165, 1.54) is 0 Å². The molecule has 1 unspecified atom stereocenters. The number of carboxylic acid groups (broad SMARTS) is 1. The second-order valence-corrected chi connectivity index (χ2v) is 5.80. The van der Waals surface area contributed by atoms with E-state index in [0.717, 1.165) is 10.9 Å². The van der Waals surface area contributed by atoms with Crippen LogP contribution >= 0.6 is 0 Å². The van der Waals surface area contributed by atoms with Gasteiger partial charge in [-0.3, -0.25) is 9.78 Å². The van der Waals surface area contributed by atoms with Crippen molar-refractivity contribution in [1.82, 2.24) is 4.98 Å². The van der Waals surface area contributed by atoms with E-state index in [1.807, 2.05) is 38.1 Å². The van der Waals surface area contributed by atoms with E-state index < -0.39 is 11.9 Å². The van der Waals surface area contributed by atoms with Crippen LogP contribution in [-0.2, 0) is 9.59 Å². The molecular weight excluding hydrogens is 303 g/mol. The summed E-state index contributed by atoms with van der Waals surface area (Å²) in [5.74, 6) is -1.85. The third-order valence-corrected chi connectivity index (χ3v) is 3.41. The van der Waals surface area contributed by atoms with Gasteiger partial charge >= 0.3 is 29.6 Å². The van der Waals surface area contributed by atoms with Gasteiger partial charge in [-0.1, -0.05) is 19.9 Å². The molecule has 1 aromatic heterocycles. The summed E-state index contributed by atoms with van der Waals surface area (Å²) in [6, 6.07) is 9.14. The number of pyridine rings is 1. The Bertz CT molecular complexity index is 688. The fraction of sp³-hybridized carbons (Fsp3) is 0.353. The monoisotopic (exact) mass is 322 g/mol. The van der Waals surface area contributed by atoms with Crippen LogP contribution < -0.4 is 40.0 Å². The maximum atomic E-state index is 12.3. The number of nitrogens with one attached hydrogen (secondary N) is 1. The van der Waals surface area contributed by atoms with E-state index in [0.29, 0.717) is 12.1 Å². The van der Waals surface area contributed by atoms with Gasteiger partial charge in [-0.05, 0) is 43.0 Å². The summed E-state index contributed by atoms with van der Waals surface area (Å²) < 4.78 is 0. The van der Waals surface area contributed by atoms with E-state index in [2.05, 4.69) is 10.3 Å². The number of anilines is 1. The van der Waals surface area contributed by atoms with Gasteiger partial charge in [0.1, 0.15) is 0 Å². The molecule has 0 aliphatic carbocycles. The van der Waals surface area contributed by atoms with Gasteiger partial charge in [0.05, 0.1) is 5.52 Å². The number of hydrogen-bond donors (Lipinski definition) is 1. The minimum absolute atomic E-state index is 0. The van der Waals surface area contributed by atoms with E-state index in [-0.39, 0.29) is 47.8 Å². The van der Waals surface area contributed by atoms with Crippen molar-refractivity contribution >= 4 is 28.5 Å². The van der Waals surface area contributed by atoms with Gasteiger partial charge < -0.3 is 15.2 Å². The van der Waals surface area contributed by atoms with E-state index in [4.69, 9.17) is 0 Å². The molecule has 0 saturated heterocycles. The zero-order valence-electron chi connectivity index (χ0n) is 13.7. The summed E-state index contributed by atoms with van der Waals surface area (Å²) in [5, 5.41) is 14.5. The molecule has 1 N–H and O–H groups in total. The Kier molecular flexibility index (Phi) is 7.68. The van der Waals surface area contributed by atoms with Gasteiger partial charge in [0.15, 0.2) is 0 Å². The molecule has 1 amide bonds. The minimum atomic E-state index is -1.21. The van der Waals surface area contributed by atoms with Gasteiger partial charge in [0.25, 0.3) is 0 Å². The number of fused-ring (bicyclic) bond motifs is 1. The largest absolute Gasteiger partial charge is 1.00 e. The first-order valence-corrected chi connectivity index (χ1v) is 7.31. The minimum Gasteiger partial charge on any atom is -0.550 e. The number of aliphatic carboxylic acids is 1. The summed E-state index contributed by atoms with van der Waals surface area (Å²) in [5.41, 5.74) is 1.48. The average Bonchev–Trinajstić information content (AvgIpc) is 2.45. The van der Waals surface area contributed by atoms with Crippen molar-refractivity contribution in [1.29, 1.82) is 0 Å². The molecule has 1 atom stereocenters. The van der Waals surface area contributed by atoms with Crippen LogP contribution in [0, 0.1) is 11.8 Å². The first-order valence-electron chi connectivity index (χ1n) is 7.31. The molecule has 0 bridgehead atoms. The number of benzene rings is 1. The van der Waals surface area contributed by atoms with Crippen molar-refractivity contribution in [3.8, 4) is 0 Å². The Morgan fingerprint density at radius 2 is 2.00 bits per heavy atom. The second kappa shape index (κ2) is 9.01. The Morgan fingerprint density at radius 1 is 1.26 bits per heavy atom. The van der Waals surface area contributed by atoms with E-state index >= 15 is 0 Å². The zero-order chi connectivity index (χ0) is 16.1. The standard InChI is InChI=1S/C17H20N2O3.Na/c1-11(2)8-13(10-16(20)21)17(22)19-14-5-6-15-12(9-14)4-3-7-18-15;/h3-7,9,11,13H,8,10H2,1-2H3,(H,19,22)(H,20,21);/q;+1/p-1. The number of aromatic nitrogens is 1. The maximum Gasteiger partial charge on any atom is 1.00 e. The fourth-order valence-electron chi connectivity index (χ4n) is 2.45. The van der Waals surface area contributed by atoms with Crippen LogP contribution in [0.1, 0.15) is 26.7 Å². The SMILES string of the molecule is CC(C)CC(CC(=O)[O-])C(=O)Nc1ccc2ncccc2c1.[Na+]. The normalized spacial score (nSPS) is 11.8. The number of hydrogen-bond acceptors (Lipinski definition) is 4. The second-order valence-electron chi connectivity index (χ2n) is 5.80. The molecule has 6 heteroatoms. The van der Waals surface area contributed by atoms with Crippen LogP contribution in [0.5, 0.6) is 0 Å². The first-order chi connectivity index (χ1) is 10.5. The molecule has 2 rings (SSSR count). The maximum absolute atomic E-state index is 12.3. The summed E-state index contributed by atoms with van der Waals surface area (Å²) in [7, 11) is 0. The molecule has 5 nitrogen and oxygen atoms in total. The Labute approximate surface area is 157 Å². The van der Waals surface area contributed by atoms with Crippen molar-refractivity contribution in [3.05, 3.63) is 36.5 Å². The van der Waals surface area contributed by atoms with Crippen LogP contribution in [0.2, 0.25) is 0 Å². The molecule has 1 aromatic carbocycles. The summed E-state index contributed by atoms with van der Waals surface area (Å²) in [4.78, 5) is 27.3. The van der Waals surface area contributed by atoms with Gasteiger partial charge in [0, 0.05) is 29.2 Å². The first kappa shape index (κ1) is 19.6. The molecule has 1 heterocycles. The topological polar surface area (TPSA) is 82.1 Å².